The Morgan fingerprint density at radius 2 is 1.77 bits per heavy atom. The summed E-state index contributed by atoms with van der Waals surface area (Å²) in [6, 6.07) is 18.6. The minimum absolute atomic E-state index is 0.0458. The Balaban J connectivity index is 1.56. The van der Waals surface area contributed by atoms with Gasteiger partial charge in [0.15, 0.2) is 0 Å². The van der Waals surface area contributed by atoms with Crippen LogP contribution in [0, 0.1) is 6.92 Å². The number of aryl methyl sites for hydroxylation is 1. The van der Waals surface area contributed by atoms with Crippen molar-refractivity contribution in [1.29, 1.82) is 0 Å². The maximum absolute atomic E-state index is 12.6. The fourth-order valence-electron chi connectivity index (χ4n) is 3.30. The molecule has 1 heterocycles. The minimum atomic E-state index is -0.641. The number of anilines is 3. The maximum atomic E-state index is 12.6. The van der Waals surface area contributed by atoms with Crippen LogP contribution >= 0.6 is 0 Å². The predicted molar refractivity (Wildman–Crippen MR) is 104 cm³/mol. The molecule has 0 fully saturated rings. The smallest absolute Gasteiger partial charge is 0.247 e. The lowest BCUT2D eigenvalue weighted by molar-refractivity contribution is -0.121. The molecule has 3 N–H and O–H groups in total. The van der Waals surface area contributed by atoms with Gasteiger partial charge < -0.3 is 16.0 Å². The normalized spacial score (nSPS) is 15.7. The highest BCUT2D eigenvalue weighted by Crippen LogP contribution is 2.33. The zero-order valence-electron chi connectivity index (χ0n) is 14.4. The van der Waals surface area contributed by atoms with Crippen molar-refractivity contribution in [1.82, 2.24) is 0 Å². The number of rotatable bonds is 3. The van der Waals surface area contributed by atoms with Gasteiger partial charge >= 0.3 is 0 Å². The van der Waals surface area contributed by atoms with Crippen LogP contribution in [0.3, 0.4) is 0 Å². The van der Waals surface area contributed by atoms with Gasteiger partial charge in [0.2, 0.25) is 11.8 Å². The molecule has 0 saturated carbocycles. The first-order valence-electron chi connectivity index (χ1n) is 8.56. The van der Waals surface area contributed by atoms with Crippen molar-refractivity contribution in [3.8, 4) is 0 Å². The average molecular weight is 345 g/mol. The maximum Gasteiger partial charge on any atom is 0.247 e. The second-order valence-electron chi connectivity index (χ2n) is 6.52. The standard InChI is InChI=1S/C21H19N3O2/c1-13-5-2-8-15(11-13)22-19(25)12-18-21(26)24-17-10-4-7-14-6-3-9-16(23-18)20(14)17/h2-11,18,23H,12H2,1H3,(H,22,25)(H,24,26)/t18-/m1/s1. The van der Waals surface area contributed by atoms with Crippen LogP contribution in [0.4, 0.5) is 17.1 Å². The molecular formula is C21H19N3O2. The van der Waals surface area contributed by atoms with E-state index in [-0.39, 0.29) is 18.2 Å². The summed E-state index contributed by atoms with van der Waals surface area (Å²) in [5, 5.41) is 11.0. The molecule has 26 heavy (non-hydrogen) atoms. The van der Waals surface area contributed by atoms with E-state index in [9.17, 15) is 9.59 Å². The van der Waals surface area contributed by atoms with Gasteiger partial charge in [-0.2, -0.15) is 0 Å². The Kier molecular flexibility index (Phi) is 4.05. The van der Waals surface area contributed by atoms with E-state index >= 15 is 0 Å². The third-order valence-corrected chi connectivity index (χ3v) is 4.50. The van der Waals surface area contributed by atoms with Crippen molar-refractivity contribution in [3.05, 3.63) is 66.2 Å². The van der Waals surface area contributed by atoms with Crippen LogP contribution in [0.1, 0.15) is 12.0 Å². The van der Waals surface area contributed by atoms with Crippen LogP contribution in [0.2, 0.25) is 0 Å². The fourth-order valence-corrected chi connectivity index (χ4v) is 3.30. The van der Waals surface area contributed by atoms with E-state index in [0.717, 1.165) is 33.4 Å². The largest absolute Gasteiger partial charge is 0.373 e. The Bertz CT molecular complexity index is 1010. The molecule has 3 aromatic carbocycles. The van der Waals surface area contributed by atoms with Crippen LogP contribution < -0.4 is 16.0 Å². The van der Waals surface area contributed by atoms with Gasteiger partial charge in [-0.25, -0.2) is 0 Å². The Morgan fingerprint density at radius 3 is 2.54 bits per heavy atom. The molecule has 5 nitrogen and oxygen atoms in total. The first-order chi connectivity index (χ1) is 12.6. The summed E-state index contributed by atoms with van der Waals surface area (Å²) in [4.78, 5) is 25.0. The van der Waals surface area contributed by atoms with Crippen molar-refractivity contribution in [2.45, 2.75) is 19.4 Å². The molecule has 130 valence electrons. The molecule has 0 aromatic heterocycles. The summed E-state index contributed by atoms with van der Waals surface area (Å²) >= 11 is 0. The quantitative estimate of drug-likeness (QED) is 0.674. The number of hydrogen-bond donors (Lipinski definition) is 3. The summed E-state index contributed by atoms with van der Waals surface area (Å²) < 4.78 is 0. The number of amides is 2. The third kappa shape index (κ3) is 3.11. The first kappa shape index (κ1) is 16.1. The number of nitrogens with one attached hydrogen (secondary N) is 3. The molecule has 0 saturated heterocycles. The van der Waals surface area contributed by atoms with Gasteiger partial charge in [0, 0.05) is 16.8 Å². The number of carbonyl (C=O) groups is 2. The second kappa shape index (κ2) is 6.52. The topological polar surface area (TPSA) is 70.2 Å². The first-order valence-corrected chi connectivity index (χ1v) is 8.56. The number of carbonyl (C=O) groups excluding carboxylic acids is 2. The van der Waals surface area contributed by atoms with Gasteiger partial charge in [-0.15, -0.1) is 0 Å². The minimum Gasteiger partial charge on any atom is -0.373 e. The van der Waals surface area contributed by atoms with Crippen LogP contribution in [-0.4, -0.2) is 17.9 Å². The van der Waals surface area contributed by atoms with E-state index in [2.05, 4.69) is 16.0 Å². The summed E-state index contributed by atoms with van der Waals surface area (Å²) in [6.45, 7) is 1.97. The van der Waals surface area contributed by atoms with Gasteiger partial charge in [-0.1, -0.05) is 36.4 Å². The van der Waals surface area contributed by atoms with Crippen LogP contribution in [0.5, 0.6) is 0 Å². The lowest BCUT2D eigenvalue weighted by Crippen LogP contribution is -2.36. The third-order valence-electron chi connectivity index (χ3n) is 4.50. The van der Waals surface area contributed by atoms with E-state index in [1.807, 2.05) is 67.6 Å². The molecular weight excluding hydrogens is 326 g/mol. The highest BCUT2D eigenvalue weighted by atomic mass is 16.2. The van der Waals surface area contributed by atoms with E-state index in [4.69, 9.17) is 0 Å². The summed E-state index contributed by atoms with van der Waals surface area (Å²) in [5.74, 6) is -0.422. The Morgan fingerprint density at radius 1 is 1.04 bits per heavy atom. The molecule has 4 rings (SSSR count). The Labute approximate surface area is 151 Å². The molecule has 1 aliphatic rings. The Hall–Kier alpha value is -3.34. The van der Waals surface area contributed by atoms with Gasteiger partial charge in [-0.3, -0.25) is 9.59 Å². The lowest BCUT2D eigenvalue weighted by atomic mass is 10.1. The molecule has 0 spiro atoms. The van der Waals surface area contributed by atoms with Gasteiger partial charge in [0.1, 0.15) is 6.04 Å². The van der Waals surface area contributed by atoms with E-state index in [1.54, 1.807) is 0 Å². The molecule has 2 amide bonds. The van der Waals surface area contributed by atoms with Crippen molar-refractivity contribution in [2.75, 3.05) is 16.0 Å². The molecule has 0 aliphatic carbocycles. The molecule has 0 radical (unpaired) electrons. The van der Waals surface area contributed by atoms with Crippen LogP contribution in [0.15, 0.2) is 60.7 Å². The monoisotopic (exact) mass is 345 g/mol. The number of hydrogen-bond acceptors (Lipinski definition) is 3. The molecule has 5 heteroatoms. The predicted octanol–water partition coefficient (Wildman–Crippen LogP) is 3.91. The van der Waals surface area contributed by atoms with Crippen molar-refractivity contribution >= 4 is 39.6 Å². The average Bonchev–Trinajstić information content (AvgIpc) is 2.73. The van der Waals surface area contributed by atoms with E-state index < -0.39 is 6.04 Å². The fraction of sp³-hybridized carbons (Fsp3) is 0.143. The molecule has 3 aromatic rings. The lowest BCUT2D eigenvalue weighted by Gasteiger charge is -2.16. The zero-order chi connectivity index (χ0) is 18.1. The highest BCUT2D eigenvalue weighted by Gasteiger charge is 2.26. The van der Waals surface area contributed by atoms with Crippen molar-refractivity contribution < 1.29 is 9.59 Å². The highest BCUT2D eigenvalue weighted by molar-refractivity contribution is 6.13. The van der Waals surface area contributed by atoms with E-state index in [0.29, 0.717) is 0 Å². The summed E-state index contributed by atoms with van der Waals surface area (Å²) in [7, 11) is 0. The van der Waals surface area contributed by atoms with E-state index in [1.165, 1.54) is 0 Å². The van der Waals surface area contributed by atoms with Gasteiger partial charge in [0.25, 0.3) is 0 Å². The molecule has 0 unspecified atom stereocenters. The zero-order valence-corrected chi connectivity index (χ0v) is 14.4. The second-order valence-corrected chi connectivity index (χ2v) is 6.52. The van der Waals surface area contributed by atoms with Crippen molar-refractivity contribution in [2.24, 2.45) is 0 Å². The molecule has 0 bridgehead atoms. The van der Waals surface area contributed by atoms with Crippen LogP contribution in [-0.2, 0) is 9.59 Å². The number of benzene rings is 3. The molecule has 1 aliphatic heterocycles. The SMILES string of the molecule is Cc1cccc(NC(=O)C[C@H]2Nc3cccc4cccc(c34)NC2=O)c1. The van der Waals surface area contributed by atoms with Gasteiger partial charge in [0.05, 0.1) is 12.1 Å². The summed E-state index contributed by atoms with van der Waals surface area (Å²) in [5.41, 5.74) is 3.41. The van der Waals surface area contributed by atoms with Gasteiger partial charge in [-0.05, 0) is 42.1 Å². The molecule has 1 atom stereocenters. The van der Waals surface area contributed by atoms with Crippen molar-refractivity contribution in [3.63, 3.8) is 0 Å². The van der Waals surface area contributed by atoms with Crippen LogP contribution in [0.25, 0.3) is 10.8 Å². The summed E-state index contributed by atoms with van der Waals surface area (Å²) in [6.07, 6.45) is 0.0458.